The summed E-state index contributed by atoms with van der Waals surface area (Å²) in [6.45, 7) is -0.432. The number of fused-ring (bicyclic) bond motifs is 1. The second-order valence-electron chi connectivity index (χ2n) is 8.51. The van der Waals surface area contributed by atoms with E-state index in [2.05, 4.69) is 29.7 Å². The summed E-state index contributed by atoms with van der Waals surface area (Å²) in [6.07, 6.45) is 2.88. The second-order valence-corrected chi connectivity index (χ2v) is 10.1. The Bertz CT molecular complexity index is 1060. The van der Waals surface area contributed by atoms with E-state index >= 15 is 0 Å². The van der Waals surface area contributed by atoms with Gasteiger partial charge in [-0.15, -0.1) is 0 Å². The summed E-state index contributed by atoms with van der Waals surface area (Å²) >= 11 is 6.17. The zero-order valence-electron chi connectivity index (χ0n) is 20.9. The van der Waals surface area contributed by atoms with Gasteiger partial charge in [0, 0.05) is 26.7 Å². The van der Waals surface area contributed by atoms with E-state index in [0.29, 0.717) is 23.0 Å². The normalized spacial score (nSPS) is 16.4. The monoisotopic (exact) mass is 562 g/mol. The first-order valence-corrected chi connectivity index (χ1v) is 13.4. The Morgan fingerprint density at radius 3 is 2.73 bits per heavy atom. The van der Waals surface area contributed by atoms with Gasteiger partial charge in [0.05, 0.1) is 32.2 Å². The van der Waals surface area contributed by atoms with Crippen molar-refractivity contribution in [3.63, 3.8) is 0 Å². The molecule has 2 heterocycles. The standard InChI is InChI=1S/C21H32ClN6O8P/c1-27(16(30)10-37(32)36-12-35-21(31)34-3)9-15(33-2)14(29)8-28-11-23-17-18(24-13-6-4-5-7-13)25-20(22)26-19(17)28/h11,13-15,29,32H,4-10,12H2,1-3H3,(H,24,25,26). The van der Waals surface area contributed by atoms with Crippen molar-refractivity contribution in [1.29, 1.82) is 0 Å². The molecule has 0 bridgehead atoms. The smallest absolute Gasteiger partial charge is 0.438 e. The van der Waals surface area contributed by atoms with Crippen LogP contribution in [0.3, 0.4) is 0 Å². The van der Waals surface area contributed by atoms with Gasteiger partial charge in [-0.2, -0.15) is 9.97 Å². The third-order valence-corrected chi connectivity index (χ3v) is 7.06. The Kier molecular flexibility index (Phi) is 11.0. The molecule has 2 aromatic heterocycles. The van der Waals surface area contributed by atoms with E-state index in [4.69, 9.17) is 20.9 Å². The molecule has 2 aromatic rings. The van der Waals surface area contributed by atoms with Gasteiger partial charge in [0.25, 0.3) is 0 Å². The van der Waals surface area contributed by atoms with Crippen LogP contribution in [0.5, 0.6) is 0 Å². The maximum Gasteiger partial charge on any atom is 0.510 e. The van der Waals surface area contributed by atoms with Gasteiger partial charge in [-0.25, -0.2) is 9.78 Å². The highest BCUT2D eigenvalue weighted by molar-refractivity contribution is 7.47. The van der Waals surface area contributed by atoms with E-state index in [1.807, 2.05) is 0 Å². The molecule has 1 amide bonds. The number of aromatic nitrogens is 4. The van der Waals surface area contributed by atoms with Crippen molar-refractivity contribution in [3.05, 3.63) is 11.6 Å². The Morgan fingerprint density at radius 2 is 2.05 bits per heavy atom. The van der Waals surface area contributed by atoms with Crippen LogP contribution in [0, 0.1) is 0 Å². The van der Waals surface area contributed by atoms with Gasteiger partial charge in [-0.05, 0) is 24.4 Å². The number of ether oxygens (including phenoxy) is 3. The zero-order valence-corrected chi connectivity index (χ0v) is 22.5. The van der Waals surface area contributed by atoms with Crippen molar-refractivity contribution < 1.29 is 38.3 Å². The number of methoxy groups -OCH3 is 2. The highest BCUT2D eigenvalue weighted by atomic mass is 35.5. The molecule has 0 aliphatic heterocycles. The number of hydrogen-bond acceptors (Lipinski definition) is 12. The average molecular weight is 563 g/mol. The number of carbonyl (C=O) groups is 2. The van der Waals surface area contributed by atoms with Crippen LogP contribution in [0.15, 0.2) is 6.33 Å². The summed E-state index contributed by atoms with van der Waals surface area (Å²) in [6, 6.07) is 0.307. The molecule has 3 unspecified atom stereocenters. The number of aliphatic hydroxyl groups is 1. The van der Waals surface area contributed by atoms with E-state index in [0.717, 1.165) is 32.8 Å². The summed E-state index contributed by atoms with van der Waals surface area (Å²) in [5.41, 5.74) is 1.02. The van der Waals surface area contributed by atoms with Crippen molar-refractivity contribution in [2.75, 3.05) is 46.1 Å². The van der Waals surface area contributed by atoms with Crippen molar-refractivity contribution in [3.8, 4) is 0 Å². The lowest BCUT2D eigenvalue weighted by Gasteiger charge is -2.27. The average Bonchev–Trinajstić information content (AvgIpc) is 3.52. The number of amides is 1. The SMILES string of the molecule is COC(=O)OCOP(O)CC(=O)N(C)CC(OC)C(O)Cn1cnc2c(NC3CCCC3)nc(Cl)nc21. The van der Waals surface area contributed by atoms with Gasteiger partial charge in [0.2, 0.25) is 18.0 Å². The van der Waals surface area contributed by atoms with E-state index < -0.39 is 39.4 Å². The number of likely N-dealkylation sites (N-methyl/N-ethyl adjacent to an activating group) is 1. The fourth-order valence-electron chi connectivity index (χ4n) is 3.94. The lowest BCUT2D eigenvalue weighted by atomic mass is 10.2. The van der Waals surface area contributed by atoms with Crippen molar-refractivity contribution in [2.45, 2.75) is 50.5 Å². The van der Waals surface area contributed by atoms with E-state index in [9.17, 15) is 19.6 Å². The number of rotatable bonds is 13. The minimum atomic E-state index is -2.17. The van der Waals surface area contributed by atoms with Crippen molar-refractivity contribution >= 4 is 49.0 Å². The fraction of sp³-hybridized carbons (Fsp3) is 0.667. The van der Waals surface area contributed by atoms with Crippen molar-refractivity contribution in [2.24, 2.45) is 0 Å². The molecule has 206 valence electrons. The summed E-state index contributed by atoms with van der Waals surface area (Å²) in [5.74, 6) is 0.111. The van der Waals surface area contributed by atoms with Crippen LogP contribution in [0.4, 0.5) is 10.6 Å². The van der Waals surface area contributed by atoms with Gasteiger partial charge in [-0.3, -0.25) is 9.32 Å². The lowest BCUT2D eigenvalue weighted by Crippen LogP contribution is -2.43. The van der Waals surface area contributed by atoms with Crippen LogP contribution >= 0.6 is 20.0 Å². The molecule has 1 fully saturated rings. The second kappa shape index (κ2) is 14.0. The van der Waals surface area contributed by atoms with Crippen LogP contribution < -0.4 is 5.32 Å². The molecular formula is C21H32ClN6O8P. The van der Waals surface area contributed by atoms with E-state index in [1.165, 1.54) is 19.1 Å². The Labute approximate surface area is 220 Å². The maximum atomic E-state index is 12.5. The molecule has 3 rings (SSSR count). The zero-order chi connectivity index (χ0) is 26.9. The molecule has 14 nitrogen and oxygen atoms in total. The number of imidazole rings is 1. The predicted molar refractivity (Wildman–Crippen MR) is 134 cm³/mol. The number of nitrogens with zero attached hydrogens (tertiary/aromatic N) is 5. The van der Waals surface area contributed by atoms with Gasteiger partial charge in [0.1, 0.15) is 6.10 Å². The van der Waals surface area contributed by atoms with Crippen molar-refractivity contribution in [1.82, 2.24) is 24.4 Å². The maximum absolute atomic E-state index is 12.5. The van der Waals surface area contributed by atoms with Gasteiger partial charge in [-0.1, -0.05) is 12.8 Å². The molecule has 3 N–H and O–H groups in total. The van der Waals surface area contributed by atoms with E-state index in [-0.39, 0.29) is 24.5 Å². The summed E-state index contributed by atoms with van der Waals surface area (Å²) in [5, 5.41) is 14.3. The Morgan fingerprint density at radius 1 is 1.32 bits per heavy atom. The topological polar surface area (TPSA) is 170 Å². The number of carbonyl (C=O) groups excluding carboxylic acids is 2. The van der Waals surface area contributed by atoms with E-state index in [1.54, 1.807) is 10.9 Å². The number of anilines is 1. The minimum Gasteiger partial charge on any atom is -0.438 e. The first-order valence-electron chi connectivity index (χ1n) is 11.6. The third kappa shape index (κ3) is 8.32. The molecule has 1 aliphatic carbocycles. The molecule has 1 saturated carbocycles. The first kappa shape index (κ1) is 29.2. The molecule has 16 heteroatoms. The Balaban J connectivity index is 1.58. The quantitative estimate of drug-likeness (QED) is 0.140. The highest BCUT2D eigenvalue weighted by Crippen LogP contribution is 2.31. The predicted octanol–water partition coefficient (Wildman–Crippen LogP) is 1.73. The van der Waals surface area contributed by atoms with Crippen LogP contribution in [-0.4, -0.2) is 105 Å². The highest BCUT2D eigenvalue weighted by Gasteiger charge is 2.26. The number of halogens is 1. The molecule has 0 radical (unpaired) electrons. The number of nitrogens with one attached hydrogen (secondary N) is 1. The molecule has 3 atom stereocenters. The molecular weight excluding hydrogens is 531 g/mol. The summed E-state index contributed by atoms with van der Waals surface area (Å²) in [7, 11) is 1.90. The van der Waals surface area contributed by atoms with Gasteiger partial charge >= 0.3 is 6.16 Å². The molecule has 0 aromatic carbocycles. The Hall–Kier alpha value is -2.35. The summed E-state index contributed by atoms with van der Waals surface area (Å²) < 4.78 is 20.8. The van der Waals surface area contributed by atoms with Crippen LogP contribution in [0.2, 0.25) is 5.28 Å². The third-order valence-electron chi connectivity index (χ3n) is 5.94. The van der Waals surface area contributed by atoms with Gasteiger partial charge in [0.15, 0.2) is 25.4 Å². The fourth-order valence-corrected chi connectivity index (χ4v) is 4.84. The summed E-state index contributed by atoms with van der Waals surface area (Å²) in [4.78, 5) is 47.6. The molecule has 0 spiro atoms. The molecule has 1 aliphatic rings. The lowest BCUT2D eigenvalue weighted by molar-refractivity contribution is -0.130. The minimum absolute atomic E-state index is 0.0369. The largest absolute Gasteiger partial charge is 0.510 e. The van der Waals surface area contributed by atoms with Crippen LogP contribution in [0.25, 0.3) is 11.2 Å². The number of hydrogen-bond donors (Lipinski definition) is 3. The number of aliphatic hydroxyl groups excluding tert-OH is 1. The first-order chi connectivity index (χ1) is 17.7. The molecule has 0 saturated heterocycles. The van der Waals surface area contributed by atoms with Crippen LogP contribution in [0.1, 0.15) is 25.7 Å². The molecule has 37 heavy (non-hydrogen) atoms. The van der Waals surface area contributed by atoms with Gasteiger partial charge < -0.3 is 39.0 Å². The van der Waals surface area contributed by atoms with Crippen LogP contribution in [-0.2, 0) is 30.1 Å².